The van der Waals surface area contributed by atoms with Gasteiger partial charge in [0, 0.05) is 27.7 Å². The van der Waals surface area contributed by atoms with Crippen molar-refractivity contribution in [2.75, 3.05) is 44.6 Å². The lowest BCUT2D eigenvalue weighted by Crippen LogP contribution is -2.37. The second-order valence-electron chi connectivity index (χ2n) is 4.93. The summed E-state index contributed by atoms with van der Waals surface area (Å²) in [5, 5.41) is 6.62. The molecule has 0 saturated heterocycles. The molecule has 1 heterocycles. The summed E-state index contributed by atoms with van der Waals surface area (Å²) in [6.07, 6.45) is 4.54. The molecule has 0 aliphatic rings. The van der Waals surface area contributed by atoms with Crippen LogP contribution in [0.25, 0.3) is 0 Å². The number of hydrogen-bond donors (Lipinski definition) is 2. The molecule has 0 unspecified atom stereocenters. The summed E-state index contributed by atoms with van der Waals surface area (Å²) in [4.78, 5) is 10.8. The van der Waals surface area contributed by atoms with E-state index < -0.39 is 0 Å². The number of hydrogen-bond acceptors (Lipinski definition) is 4. The minimum Gasteiger partial charge on any atom is -0.363 e. The lowest BCUT2D eigenvalue weighted by atomic mass is 10.3. The number of anilines is 1. The molecule has 1 aromatic rings. The van der Waals surface area contributed by atoms with Gasteiger partial charge in [0.2, 0.25) is 0 Å². The molecule has 0 radical (unpaired) electrons. The van der Waals surface area contributed by atoms with Gasteiger partial charge in [-0.2, -0.15) is 11.8 Å². The third-order valence-corrected chi connectivity index (χ3v) is 3.68. The highest BCUT2D eigenvalue weighted by Crippen LogP contribution is 2.07. The Labute approximate surface area is 132 Å². The van der Waals surface area contributed by atoms with E-state index >= 15 is 0 Å². The molecule has 0 bridgehead atoms. The first-order chi connectivity index (χ1) is 10.2. The highest BCUT2D eigenvalue weighted by Gasteiger charge is 2.01. The van der Waals surface area contributed by atoms with Gasteiger partial charge in [-0.25, -0.2) is 4.98 Å². The molecule has 0 aliphatic heterocycles. The van der Waals surface area contributed by atoms with Crippen LogP contribution in [0, 0.1) is 0 Å². The summed E-state index contributed by atoms with van der Waals surface area (Å²) in [7, 11) is 5.78. The molecule has 0 aliphatic carbocycles. The van der Waals surface area contributed by atoms with E-state index in [2.05, 4.69) is 26.9 Å². The minimum absolute atomic E-state index is 0.673. The van der Waals surface area contributed by atoms with Gasteiger partial charge >= 0.3 is 0 Å². The quantitative estimate of drug-likeness (QED) is 0.437. The second-order valence-corrected chi connectivity index (χ2v) is 5.92. The Morgan fingerprint density at radius 2 is 2.10 bits per heavy atom. The van der Waals surface area contributed by atoms with Crippen LogP contribution < -0.4 is 15.5 Å². The standard InChI is InChI=1S/C15H27N5S/c1-16-15(17-10-5-6-11-21-4)18-12-13-8-7-9-14(19-13)20(2)3/h7-9H,5-6,10-12H2,1-4H3,(H2,16,17,18). The molecule has 1 rings (SSSR count). The number of guanidine groups is 1. The van der Waals surface area contributed by atoms with Gasteiger partial charge in [-0.3, -0.25) is 4.99 Å². The van der Waals surface area contributed by atoms with Gasteiger partial charge in [0.25, 0.3) is 0 Å². The Morgan fingerprint density at radius 3 is 2.76 bits per heavy atom. The van der Waals surface area contributed by atoms with Crippen LogP contribution >= 0.6 is 11.8 Å². The van der Waals surface area contributed by atoms with Gasteiger partial charge in [0.1, 0.15) is 5.82 Å². The van der Waals surface area contributed by atoms with E-state index in [-0.39, 0.29) is 0 Å². The minimum atomic E-state index is 0.673. The van der Waals surface area contributed by atoms with Crippen molar-refractivity contribution in [2.45, 2.75) is 19.4 Å². The van der Waals surface area contributed by atoms with Crippen LogP contribution in [0.1, 0.15) is 18.5 Å². The first-order valence-corrected chi connectivity index (χ1v) is 8.63. The second kappa shape index (κ2) is 10.3. The maximum atomic E-state index is 4.58. The SMILES string of the molecule is CN=C(NCCCCSC)NCc1cccc(N(C)C)n1. The number of pyridine rings is 1. The first-order valence-electron chi connectivity index (χ1n) is 7.24. The van der Waals surface area contributed by atoms with Gasteiger partial charge in [-0.15, -0.1) is 0 Å². The zero-order valence-electron chi connectivity index (χ0n) is 13.5. The van der Waals surface area contributed by atoms with Crippen molar-refractivity contribution in [2.24, 2.45) is 4.99 Å². The van der Waals surface area contributed by atoms with Gasteiger partial charge in [0.05, 0.1) is 12.2 Å². The smallest absolute Gasteiger partial charge is 0.191 e. The molecule has 0 amide bonds. The Bertz CT molecular complexity index is 434. The summed E-state index contributed by atoms with van der Waals surface area (Å²) in [5.74, 6) is 3.01. The van der Waals surface area contributed by atoms with Crippen molar-refractivity contribution in [1.82, 2.24) is 15.6 Å². The Kier molecular flexibility index (Phi) is 8.66. The van der Waals surface area contributed by atoms with Crippen LogP contribution in [-0.4, -0.2) is 50.6 Å². The molecule has 0 spiro atoms. The maximum Gasteiger partial charge on any atom is 0.191 e. The molecule has 0 atom stereocenters. The van der Waals surface area contributed by atoms with E-state index in [1.54, 1.807) is 7.05 Å². The third kappa shape index (κ3) is 7.22. The number of nitrogens with one attached hydrogen (secondary N) is 2. The fraction of sp³-hybridized carbons (Fsp3) is 0.600. The van der Waals surface area contributed by atoms with Crippen LogP contribution in [0.3, 0.4) is 0 Å². The van der Waals surface area contributed by atoms with Gasteiger partial charge in [0.15, 0.2) is 5.96 Å². The average Bonchev–Trinajstić information content (AvgIpc) is 2.50. The predicted octanol–water partition coefficient (Wildman–Crippen LogP) is 1.96. The van der Waals surface area contributed by atoms with Crippen molar-refractivity contribution < 1.29 is 0 Å². The average molecular weight is 309 g/mol. The molecule has 0 fully saturated rings. The number of thioether (sulfide) groups is 1. The largest absolute Gasteiger partial charge is 0.363 e. The van der Waals surface area contributed by atoms with Crippen molar-refractivity contribution >= 4 is 23.5 Å². The third-order valence-electron chi connectivity index (χ3n) is 2.98. The zero-order chi connectivity index (χ0) is 15.5. The molecule has 2 N–H and O–H groups in total. The molecule has 0 aromatic carbocycles. The molecule has 118 valence electrons. The van der Waals surface area contributed by atoms with Crippen LogP contribution in [-0.2, 0) is 6.54 Å². The van der Waals surface area contributed by atoms with Crippen molar-refractivity contribution in [1.29, 1.82) is 0 Å². The van der Waals surface area contributed by atoms with E-state index in [1.165, 1.54) is 12.2 Å². The van der Waals surface area contributed by atoms with E-state index in [4.69, 9.17) is 0 Å². The molecule has 21 heavy (non-hydrogen) atoms. The van der Waals surface area contributed by atoms with Crippen LogP contribution in [0.15, 0.2) is 23.2 Å². The maximum absolute atomic E-state index is 4.58. The lowest BCUT2D eigenvalue weighted by Gasteiger charge is -2.14. The Balaban J connectivity index is 2.36. The summed E-state index contributed by atoms with van der Waals surface area (Å²) < 4.78 is 0. The Hall–Kier alpha value is -1.43. The normalized spacial score (nSPS) is 11.3. The van der Waals surface area contributed by atoms with Crippen LogP contribution in [0.5, 0.6) is 0 Å². The van der Waals surface area contributed by atoms with Crippen LogP contribution in [0.2, 0.25) is 0 Å². The van der Waals surface area contributed by atoms with Gasteiger partial charge in [-0.1, -0.05) is 6.07 Å². The summed E-state index contributed by atoms with van der Waals surface area (Å²) in [6, 6.07) is 6.05. The number of unbranched alkanes of at least 4 members (excludes halogenated alkanes) is 1. The number of aliphatic imine (C=N–C) groups is 1. The summed E-state index contributed by atoms with van der Waals surface area (Å²) in [6.45, 7) is 1.62. The summed E-state index contributed by atoms with van der Waals surface area (Å²) >= 11 is 1.89. The van der Waals surface area contributed by atoms with E-state index in [0.29, 0.717) is 6.54 Å². The zero-order valence-corrected chi connectivity index (χ0v) is 14.3. The van der Waals surface area contributed by atoms with Gasteiger partial charge in [-0.05, 0) is 37.0 Å². The first kappa shape index (κ1) is 17.6. The highest BCUT2D eigenvalue weighted by molar-refractivity contribution is 7.98. The summed E-state index contributed by atoms with van der Waals surface area (Å²) in [5.41, 5.74) is 1.01. The van der Waals surface area contributed by atoms with Gasteiger partial charge < -0.3 is 15.5 Å². The highest BCUT2D eigenvalue weighted by atomic mass is 32.2. The molecule has 1 aromatic heterocycles. The number of aromatic nitrogens is 1. The molecular weight excluding hydrogens is 282 g/mol. The lowest BCUT2D eigenvalue weighted by molar-refractivity contribution is 0.729. The fourth-order valence-corrected chi connectivity index (χ4v) is 2.28. The van der Waals surface area contributed by atoms with Crippen molar-refractivity contribution in [3.8, 4) is 0 Å². The molecule has 5 nitrogen and oxygen atoms in total. The number of nitrogens with zero attached hydrogens (tertiary/aromatic N) is 3. The van der Waals surface area contributed by atoms with E-state index in [0.717, 1.165) is 30.4 Å². The number of rotatable bonds is 8. The monoisotopic (exact) mass is 309 g/mol. The topological polar surface area (TPSA) is 52.6 Å². The van der Waals surface area contributed by atoms with E-state index in [1.807, 2.05) is 49.0 Å². The predicted molar refractivity (Wildman–Crippen MR) is 94.4 cm³/mol. The van der Waals surface area contributed by atoms with Crippen molar-refractivity contribution in [3.05, 3.63) is 23.9 Å². The molecule has 6 heteroatoms. The van der Waals surface area contributed by atoms with Crippen LogP contribution in [0.4, 0.5) is 5.82 Å². The molecule has 0 saturated carbocycles. The van der Waals surface area contributed by atoms with Crippen molar-refractivity contribution in [3.63, 3.8) is 0 Å². The van der Waals surface area contributed by atoms with E-state index in [9.17, 15) is 0 Å². The fourth-order valence-electron chi connectivity index (χ4n) is 1.79. The molecular formula is C15H27N5S. The Morgan fingerprint density at radius 1 is 1.29 bits per heavy atom.